The van der Waals surface area contributed by atoms with Gasteiger partial charge < -0.3 is 10.2 Å². The van der Waals surface area contributed by atoms with E-state index in [1.165, 1.54) is 17.5 Å². The molecule has 0 amide bonds. The maximum absolute atomic E-state index is 11.2. The number of carboxylic acid groups (broad SMARTS) is 1. The van der Waals surface area contributed by atoms with Crippen molar-refractivity contribution in [3.05, 3.63) is 52.5 Å². The highest BCUT2D eigenvalue weighted by atomic mass is 32.1. The lowest BCUT2D eigenvalue weighted by molar-refractivity contribution is -0.141. The number of hydrogen-bond donors (Lipinski definition) is 2. The van der Waals surface area contributed by atoms with E-state index in [1.54, 1.807) is 35.2 Å². The summed E-state index contributed by atoms with van der Waals surface area (Å²) >= 11 is 1.41. The van der Waals surface area contributed by atoms with Crippen molar-refractivity contribution in [2.24, 2.45) is 0 Å². The number of nitrogens with zero attached hydrogens (tertiary/aromatic N) is 1. The quantitative estimate of drug-likeness (QED) is 0.870. The molecule has 0 fully saturated rings. The van der Waals surface area contributed by atoms with Crippen LogP contribution in [0.5, 0.6) is 0 Å². The van der Waals surface area contributed by atoms with Crippen molar-refractivity contribution in [3.63, 3.8) is 0 Å². The Morgan fingerprint density at radius 2 is 2.18 bits per heavy atom. The molecule has 88 valence electrons. The molecule has 2 aromatic heterocycles. The highest BCUT2D eigenvalue weighted by Crippen LogP contribution is 2.31. The first-order chi connectivity index (χ1) is 8.20. The van der Waals surface area contributed by atoms with Crippen LogP contribution < -0.4 is 0 Å². The summed E-state index contributed by atoms with van der Waals surface area (Å²) in [4.78, 5) is 15.1. The first-order valence-corrected chi connectivity index (χ1v) is 5.97. The Balaban J connectivity index is 2.32. The first kappa shape index (κ1) is 11.8. The molecular formula is C12H11NO3S. The number of aromatic nitrogens is 1. The number of aliphatic hydroxyl groups is 1. The lowest BCUT2D eigenvalue weighted by atomic mass is 9.92. The van der Waals surface area contributed by atoms with Crippen LogP contribution in [0.25, 0.3) is 0 Å². The van der Waals surface area contributed by atoms with Crippen molar-refractivity contribution in [2.45, 2.75) is 12.0 Å². The largest absolute Gasteiger partial charge is 0.481 e. The van der Waals surface area contributed by atoms with Gasteiger partial charge in [0.15, 0.2) is 0 Å². The summed E-state index contributed by atoms with van der Waals surface area (Å²) in [7, 11) is 0. The van der Waals surface area contributed by atoms with Crippen LogP contribution in [0.15, 0.2) is 41.4 Å². The molecule has 2 rings (SSSR count). The van der Waals surface area contributed by atoms with Crippen LogP contribution in [-0.2, 0) is 4.79 Å². The Labute approximate surface area is 102 Å². The standard InChI is InChI=1S/C12H11NO3S/c14-11(8-2-1-4-13-6-8)10(12(15)16)9-3-5-17-7-9/h1-7,10-11,14H,(H,15,16). The topological polar surface area (TPSA) is 70.4 Å². The normalized spacial score (nSPS) is 14.2. The monoisotopic (exact) mass is 249 g/mol. The molecule has 0 aliphatic carbocycles. The van der Waals surface area contributed by atoms with Crippen LogP contribution in [0.4, 0.5) is 0 Å². The van der Waals surface area contributed by atoms with Crippen molar-refractivity contribution < 1.29 is 15.0 Å². The smallest absolute Gasteiger partial charge is 0.314 e. The maximum Gasteiger partial charge on any atom is 0.314 e. The lowest BCUT2D eigenvalue weighted by Gasteiger charge is -2.18. The molecule has 4 nitrogen and oxygen atoms in total. The zero-order valence-corrected chi connectivity index (χ0v) is 9.67. The van der Waals surface area contributed by atoms with Gasteiger partial charge in [0.1, 0.15) is 5.92 Å². The molecule has 2 unspecified atom stereocenters. The summed E-state index contributed by atoms with van der Waals surface area (Å²) in [6, 6.07) is 5.05. The minimum Gasteiger partial charge on any atom is -0.481 e. The Morgan fingerprint density at radius 1 is 1.35 bits per heavy atom. The van der Waals surface area contributed by atoms with E-state index in [9.17, 15) is 15.0 Å². The number of aliphatic hydroxyl groups excluding tert-OH is 1. The molecule has 0 aliphatic heterocycles. The summed E-state index contributed by atoms with van der Waals surface area (Å²) < 4.78 is 0. The van der Waals surface area contributed by atoms with E-state index in [4.69, 9.17) is 0 Å². The fourth-order valence-corrected chi connectivity index (χ4v) is 2.35. The predicted octanol–water partition coefficient (Wildman–Crippen LogP) is 2.04. The first-order valence-electron chi connectivity index (χ1n) is 5.03. The van der Waals surface area contributed by atoms with Gasteiger partial charge >= 0.3 is 5.97 Å². The Bertz CT molecular complexity index is 484. The van der Waals surface area contributed by atoms with Gasteiger partial charge in [-0.25, -0.2) is 0 Å². The minimum absolute atomic E-state index is 0.506. The van der Waals surface area contributed by atoms with E-state index in [2.05, 4.69) is 4.98 Å². The van der Waals surface area contributed by atoms with Crippen molar-refractivity contribution in [2.75, 3.05) is 0 Å². The number of rotatable bonds is 4. The van der Waals surface area contributed by atoms with E-state index in [0.717, 1.165) is 0 Å². The van der Waals surface area contributed by atoms with Crippen LogP contribution in [0.2, 0.25) is 0 Å². The number of carbonyl (C=O) groups is 1. The van der Waals surface area contributed by atoms with Gasteiger partial charge in [0.25, 0.3) is 0 Å². The summed E-state index contributed by atoms with van der Waals surface area (Å²) in [6.07, 6.45) is 1.97. The van der Waals surface area contributed by atoms with Crippen LogP contribution in [0.1, 0.15) is 23.1 Å². The van der Waals surface area contributed by atoms with Crippen molar-refractivity contribution in [3.8, 4) is 0 Å². The summed E-state index contributed by atoms with van der Waals surface area (Å²) in [6.45, 7) is 0. The molecule has 17 heavy (non-hydrogen) atoms. The molecule has 0 spiro atoms. The van der Waals surface area contributed by atoms with Gasteiger partial charge in [0.2, 0.25) is 0 Å². The summed E-state index contributed by atoms with van der Waals surface area (Å²) in [5, 5.41) is 22.8. The molecule has 0 bridgehead atoms. The van der Waals surface area contributed by atoms with E-state index >= 15 is 0 Å². The molecular weight excluding hydrogens is 238 g/mol. The van der Waals surface area contributed by atoms with Gasteiger partial charge in [-0.2, -0.15) is 11.3 Å². The van der Waals surface area contributed by atoms with E-state index in [1.807, 2.05) is 0 Å². The van der Waals surface area contributed by atoms with Gasteiger partial charge in [0.05, 0.1) is 6.10 Å². The highest BCUT2D eigenvalue weighted by Gasteiger charge is 2.29. The molecule has 2 aromatic rings. The van der Waals surface area contributed by atoms with Crippen LogP contribution in [0.3, 0.4) is 0 Å². The van der Waals surface area contributed by atoms with Gasteiger partial charge in [-0.1, -0.05) is 6.07 Å². The molecule has 2 heterocycles. The number of thiophene rings is 1. The number of aliphatic carboxylic acids is 1. The predicted molar refractivity (Wildman–Crippen MR) is 63.9 cm³/mol. The number of hydrogen-bond acceptors (Lipinski definition) is 4. The second-order valence-electron chi connectivity index (χ2n) is 3.60. The van der Waals surface area contributed by atoms with Gasteiger partial charge in [0, 0.05) is 18.0 Å². The molecule has 0 saturated carbocycles. The van der Waals surface area contributed by atoms with Gasteiger partial charge in [-0.05, 0) is 28.5 Å². The van der Waals surface area contributed by atoms with Gasteiger partial charge in [-0.15, -0.1) is 0 Å². The molecule has 2 N–H and O–H groups in total. The van der Waals surface area contributed by atoms with Crippen molar-refractivity contribution in [1.82, 2.24) is 4.98 Å². The SMILES string of the molecule is O=C(O)C(c1ccsc1)C(O)c1cccnc1. The molecule has 0 aliphatic rings. The third kappa shape index (κ3) is 2.51. The fraction of sp³-hybridized carbons (Fsp3) is 0.167. The molecule has 0 aromatic carbocycles. The number of pyridine rings is 1. The molecule has 0 saturated heterocycles. The van der Waals surface area contributed by atoms with E-state index < -0.39 is 18.0 Å². The Hall–Kier alpha value is -1.72. The van der Waals surface area contributed by atoms with Crippen molar-refractivity contribution >= 4 is 17.3 Å². The average molecular weight is 249 g/mol. The minimum atomic E-state index is -1.09. The second-order valence-corrected chi connectivity index (χ2v) is 4.38. The Kier molecular flexibility index (Phi) is 3.51. The summed E-state index contributed by atoms with van der Waals surface area (Å²) in [5.41, 5.74) is 1.12. The molecule has 5 heteroatoms. The fourth-order valence-electron chi connectivity index (χ4n) is 1.66. The van der Waals surface area contributed by atoms with Crippen LogP contribution >= 0.6 is 11.3 Å². The molecule has 0 radical (unpaired) electrons. The second kappa shape index (κ2) is 5.07. The number of carboxylic acids is 1. The molecule has 2 atom stereocenters. The third-order valence-electron chi connectivity index (χ3n) is 2.51. The van der Waals surface area contributed by atoms with Crippen LogP contribution in [0, 0.1) is 0 Å². The average Bonchev–Trinajstić information content (AvgIpc) is 2.83. The highest BCUT2D eigenvalue weighted by molar-refractivity contribution is 7.08. The van der Waals surface area contributed by atoms with Crippen molar-refractivity contribution in [1.29, 1.82) is 0 Å². The summed E-state index contributed by atoms with van der Waals surface area (Å²) in [5.74, 6) is -2.00. The Morgan fingerprint density at radius 3 is 2.71 bits per heavy atom. The lowest BCUT2D eigenvalue weighted by Crippen LogP contribution is -2.19. The third-order valence-corrected chi connectivity index (χ3v) is 3.21. The zero-order valence-electron chi connectivity index (χ0n) is 8.85. The zero-order chi connectivity index (χ0) is 12.3. The maximum atomic E-state index is 11.2. The van der Waals surface area contributed by atoms with Gasteiger partial charge in [-0.3, -0.25) is 9.78 Å². The van der Waals surface area contributed by atoms with E-state index in [-0.39, 0.29) is 0 Å². The van der Waals surface area contributed by atoms with Crippen LogP contribution in [-0.4, -0.2) is 21.2 Å². The van der Waals surface area contributed by atoms with E-state index in [0.29, 0.717) is 11.1 Å².